The van der Waals surface area contributed by atoms with Crippen molar-refractivity contribution in [3.05, 3.63) is 108 Å². The number of amides is 2. The number of carbonyl (C=O) groups is 2. The first kappa shape index (κ1) is 22.0. The van der Waals surface area contributed by atoms with Gasteiger partial charge in [-0.2, -0.15) is 0 Å². The van der Waals surface area contributed by atoms with Gasteiger partial charge in [0.15, 0.2) is 0 Å². The molecule has 0 fully saturated rings. The zero-order valence-electron chi connectivity index (χ0n) is 17.4. The molecule has 2 amide bonds. The molecule has 4 rings (SSSR count). The summed E-state index contributed by atoms with van der Waals surface area (Å²) in [6.07, 6.45) is 0. The van der Waals surface area contributed by atoms with Crippen LogP contribution in [-0.2, 0) is 0 Å². The first-order valence-electron chi connectivity index (χ1n) is 10.1. The fourth-order valence-corrected chi connectivity index (χ4v) is 4.16. The van der Waals surface area contributed by atoms with E-state index in [9.17, 15) is 19.8 Å². The summed E-state index contributed by atoms with van der Waals surface area (Å²) in [5, 5.41) is 24.5. The molecule has 0 heterocycles. The number of carbonyl (C=O) groups excluding carboxylic acids is 2. The molecule has 0 spiro atoms. The lowest BCUT2D eigenvalue weighted by molar-refractivity contribution is 0.101. The van der Waals surface area contributed by atoms with Gasteiger partial charge < -0.3 is 20.8 Å². The van der Waals surface area contributed by atoms with Crippen LogP contribution < -0.4 is 10.6 Å². The highest BCUT2D eigenvalue weighted by molar-refractivity contribution is 7.99. The van der Waals surface area contributed by atoms with Gasteiger partial charge in [-0.25, -0.2) is 0 Å². The molecule has 164 valence electrons. The highest BCUT2D eigenvalue weighted by atomic mass is 32.2. The van der Waals surface area contributed by atoms with E-state index in [0.717, 1.165) is 0 Å². The predicted octanol–water partition coefficient (Wildman–Crippen LogP) is 5.75. The highest BCUT2D eigenvalue weighted by Crippen LogP contribution is 2.33. The molecule has 0 unspecified atom stereocenters. The van der Waals surface area contributed by atoms with Crippen LogP contribution in [-0.4, -0.2) is 22.0 Å². The van der Waals surface area contributed by atoms with Gasteiger partial charge in [0.2, 0.25) is 0 Å². The summed E-state index contributed by atoms with van der Waals surface area (Å²) in [6, 6.07) is 26.8. The van der Waals surface area contributed by atoms with E-state index < -0.39 is 0 Å². The van der Waals surface area contributed by atoms with Gasteiger partial charge in [0.05, 0.1) is 11.1 Å². The molecule has 0 aliphatic rings. The standard InChI is InChI=1S/C26H20N2O4S/c29-19-13-9-17(10-14-19)27-25(31)21-5-1-3-7-23(21)33-24-8-4-2-6-22(24)26(32)28-18-11-15-20(30)16-12-18/h1-16,29-30H,(H,27,31)(H,28,32). The fourth-order valence-electron chi connectivity index (χ4n) is 3.09. The van der Waals surface area contributed by atoms with Crippen molar-refractivity contribution in [1.29, 1.82) is 0 Å². The third-order valence-corrected chi connectivity index (χ3v) is 5.89. The lowest BCUT2D eigenvalue weighted by Gasteiger charge is -2.13. The molecule has 4 N–H and O–H groups in total. The first-order valence-corrected chi connectivity index (χ1v) is 10.9. The zero-order chi connectivity index (χ0) is 23.2. The minimum atomic E-state index is -0.296. The quantitative estimate of drug-likeness (QED) is 0.277. The molecule has 0 aromatic heterocycles. The van der Waals surface area contributed by atoms with Crippen LogP contribution in [0.3, 0.4) is 0 Å². The Hall–Kier alpha value is -4.23. The van der Waals surface area contributed by atoms with E-state index in [-0.39, 0.29) is 23.3 Å². The van der Waals surface area contributed by atoms with E-state index >= 15 is 0 Å². The molecule has 0 atom stereocenters. The second-order valence-electron chi connectivity index (χ2n) is 7.10. The van der Waals surface area contributed by atoms with Crippen molar-refractivity contribution in [2.45, 2.75) is 9.79 Å². The van der Waals surface area contributed by atoms with Crippen LogP contribution >= 0.6 is 11.8 Å². The molecule has 0 saturated heterocycles. The summed E-state index contributed by atoms with van der Waals surface area (Å²) < 4.78 is 0. The Labute approximate surface area is 194 Å². The van der Waals surface area contributed by atoms with E-state index in [0.29, 0.717) is 32.3 Å². The van der Waals surface area contributed by atoms with Crippen LogP contribution in [0.5, 0.6) is 11.5 Å². The Kier molecular flexibility index (Phi) is 6.61. The number of phenols is 2. The van der Waals surface area contributed by atoms with Crippen LogP contribution in [0.25, 0.3) is 0 Å². The SMILES string of the molecule is O=C(Nc1ccc(O)cc1)c1ccccc1Sc1ccccc1C(=O)Nc1ccc(O)cc1. The molecule has 0 saturated carbocycles. The normalized spacial score (nSPS) is 10.4. The summed E-state index contributed by atoms with van der Waals surface area (Å²) in [4.78, 5) is 27.2. The maximum absolute atomic E-state index is 12.9. The number of hydrogen-bond donors (Lipinski definition) is 4. The van der Waals surface area contributed by atoms with Crippen LogP contribution in [0.2, 0.25) is 0 Å². The van der Waals surface area contributed by atoms with Gasteiger partial charge in [0, 0.05) is 21.2 Å². The maximum atomic E-state index is 12.9. The largest absolute Gasteiger partial charge is 0.508 e. The minimum Gasteiger partial charge on any atom is -0.508 e. The van der Waals surface area contributed by atoms with Gasteiger partial charge in [0.25, 0.3) is 11.8 Å². The molecule has 6 nitrogen and oxygen atoms in total. The Morgan fingerprint density at radius 1 is 0.545 bits per heavy atom. The zero-order valence-corrected chi connectivity index (χ0v) is 18.2. The summed E-state index contributed by atoms with van der Waals surface area (Å²) in [5.41, 5.74) is 2.05. The lowest BCUT2D eigenvalue weighted by atomic mass is 10.2. The van der Waals surface area contributed by atoms with Crippen LogP contribution in [0.4, 0.5) is 11.4 Å². The van der Waals surface area contributed by atoms with Gasteiger partial charge in [-0.05, 0) is 72.8 Å². The van der Waals surface area contributed by atoms with Crippen LogP contribution in [0.1, 0.15) is 20.7 Å². The predicted molar refractivity (Wildman–Crippen MR) is 129 cm³/mol. The van der Waals surface area contributed by atoms with Crippen molar-refractivity contribution in [2.75, 3.05) is 10.6 Å². The number of aromatic hydroxyl groups is 2. The van der Waals surface area contributed by atoms with Crippen molar-refractivity contribution in [1.82, 2.24) is 0 Å². The monoisotopic (exact) mass is 456 g/mol. The second-order valence-corrected chi connectivity index (χ2v) is 8.18. The molecular weight excluding hydrogens is 436 g/mol. The minimum absolute atomic E-state index is 0.117. The number of anilines is 2. The average Bonchev–Trinajstić information content (AvgIpc) is 2.82. The third kappa shape index (κ3) is 5.53. The molecule has 7 heteroatoms. The fraction of sp³-hybridized carbons (Fsp3) is 0. The Morgan fingerprint density at radius 3 is 1.30 bits per heavy atom. The van der Waals surface area contributed by atoms with Gasteiger partial charge in [-0.15, -0.1) is 0 Å². The van der Waals surface area contributed by atoms with E-state index in [4.69, 9.17) is 0 Å². The van der Waals surface area contributed by atoms with Crippen molar-refractivity contribution >= 4 is 35.0 Å². The number of nitrogens with one attached hydrogen (secondary N) is 2. The smallest absolute Gasteiger partial charge is 0.256 e. The number of phenolic OH excluding ortho intramolecular Hbond substituents is 2. The molecule has 0 bridgehead atoms. The first-order chi connectivity index (χ1) is 16.0. The lowest BCUT2D eigenvalue weighted by Crippen LogP contribution is -2.14. The van der Waals surface area contributed by atoms with E-state index in [1.807, 2.05) is 24.3 Å². The maximum Gasteiger partial charge on any atom is 0.256 e. The average molecular weight is 457 g/mol. The number of benzene rings is 4. The number of hydrogen-bond acceptors (Lipinski definition) is 5. The van der Waals surface area contributed by atoms with Gasteiger partial charge in [-0.3, -0.25) is 9.59 Å². The van der Waals surface area contributed by atoms with E-state index in [1.54, 1.807) is 48.5 Å². The third-order valence-electron chi connectivity index (χ3n) is 4.73. The molecule has 33 heavy (non-hydrogen) atoms. The molecule has 0 radical (unpaired) electrons. The molecule has 0 aliphatic carbocycles. The Balaban J connectivity index is 1.56. The molecule has 0 aliphatic heterocycles. The van der Waals surface area contributed by atoms with Crippen LogP contribution in [0.15, 0.2) is 107 Å². The van der Waals surface area contributed by atoms with Crippen molar-refractivity contribution < 1.29 is 19.8 Å². The molecule has 4 aromatic carbocycles. The van der Waals surface area contributed by atoms with Crippen molar-refractivity contribution in [3.63, 3.8) is 0 Å². The number of rotatable bonds is 6. The summed E-state index contributed by atoms with van der Waals surface area (Å²) in [6.45, 7) is 0. The Bertz CT molecular complexity index is 1190. The summed E-state index contributed by atoms with van der Waals surface area (Å²) in [5.74, 6) is -0.359. The second kappa shape index (κ2) is 9.93. The molecular formula is C26H20N2O4S. The van der Waals surface area contributed by atoms with Crippen molar-refractivity contribution in [2.24, 2.45) is 0 Å². The molecule has 4 aromatic rings. The van der Waals surface area contributed by atoms with Crippen molar-refractivity contribution in [3.8, 4) is 11.5 Å². The topological polar surface area (TPSA) is 98.7 Å². The van der Waals surface area contributed by atoms with Gasteiger partial charge in [-0.1, -0.05) is 36.0 Å². The van der Waals surface area contributed by atoms with E-state index in [1.165, 1.54) is 36.0 Å². The Morgan fingerprint density at radius 2 is 0.909 bits per heavy atom. The van der Waals surface area contributed by atoms with Crippen LogP contribution in [0, 0.1) is 0 Å². The summed E-state index contributed by atoms with van der Waals surface area (Å²) >= 11 is 1.32. The van der Waals surface area contributed by atoms with E-state index in [2.05, 4.69) is 10.6 Å². The van der Waals surface area contributed by atoms with Gasteiger partial charge in [0.1, 0.15) is 11.5 Å². The highest BCUT2D eigenvalue weighted by Gasteiger charge is 2.17. The summed E-state index contributed by atoms with van der Waals surface area (Å²) in [7, 11) is 0. The van der Waals surface area contributed by atoms with Gasteiger partial charge >= 0.3 is 0 Å².